The minimum Gasteiger partial charge on any atom is -0.385 e. The van der Waals surface area contributed by atoms with Crippen LogP contribution in [0.15, 0.2) is 39.8 Å². The molecule has 0 spiro atoms. The van der Waals surface area contributed by atoms with E-state index in [-0.39, 0.29) is 0 Å². The van der Waals surface area contributed by atoms with E-state index in [1.54, 1.807) is 7.11 Å². The Balaban J connectivity index is 2.04. The summed E-state index contributed by atoms with van der Waals surface area (Å²) in [5, 5.41) is 7.49. The van der Waals surface area contributed by atoms with Gasteiger partial charge in [-0.05, 0) is 51.1 Å². The first-order valence-electron chi connectivity index (χ1n) is 10.0. The Morgan fingerprint density at radius 1 is 1.30 bits per heavy atom. The molecule has 0 saturated carbocycles. The summed E-state index contributed by atoms with van der Waals surface area (Å²) >= 11 is 0. The first kappa shape index (κ1) is 21.5. The molecule has 2 aromatic heterocycles. The van der Waals surface area contributed by atoms with Crippen LogP contribution in [0.3, 0.4) is 0 Å². The van der Waals surface area contributed by atoms with Gasteiger partial charge in [0, 0.05) is 25.8 Å². The summed E-state index contributed by atoms with van der Waals surface area (Å²) in [5.41, 5.74) is 4.97. The number of hydrogen-bond acceptors (Lipinski definition) is 6. The van der Waals surface area contributed by atoms with E-state index >= 15 is 0 Å². The van der Waals surface area contributed by atoms with Gasteiger partial charge in [0.05, 0.1) is 17.9 Å². The highest BCUT2D eigenvalue weighted by Gasteiger charge is 2.18. The molecule has 0 atom stereocenters. The van der Waals surface area contributed by atoms with Gasteiger partial charge in [0.2, 0.25) is 5.95 Å². The Kier molecular flexibility index (Phi) is 7.19. The molecule has 7 nitrogen and oxygen atoms in total. The SMILES string of the molecule is C=Nc1nc(NCCCOC)n(Cc2ccccc2)c1/C=C(\C)c1c(C)noc1C. The van der Waals surface area contributed by atoms with Crippen LogP contribution in [0, 0.1) is 13.8 Å². The van der Waals surface area contributed by atoms with Crippen molar-refractivity contribution >= 4 is 30.1 Å². The summed E-state index contributed by atoms with van der Waals surface area (Å²) in [6.45, 7) is 11.8. The number of rotatable bonds is 10. The number of aryl methyl sites for hydroxylation is 2. The fraction of sp³-hybridized carbons (Fsp3) is 0.348. The monoisotopic (exact) mass is 407 g/mol. The molecule has 1 aromatic carbocycles. The lowest BCUT2D eigenvalue weighted by Gasteiger charge is -2.12. The van der Waals surface area contributed by atoms with E-state index < -0.39 is 0 Å². The van der Waals surface area contributed by atoms with Gasteiger partial charge in [-0.3, -0.25) is 0 Å². The van der Waals surface area contributed by atoms with E-state index in [1.165, 1.54) is 5.56 Å². The van der Waals surface area contributed by atoms with Gasteiger partial charge in [0.1, 0.15) is 5.76 Å². The molecular formula is C23H29N5O2. The Hall–Kier alpha value is -3.19. The number of benzene rings is 1. The van der Waals surface area contributed by atoms with Gasteiger partial charge in [-0.2, -0.15) is 4.98 Å². The van der Waals surface area contributed by atoms with Crippen LogP contribution in [0.25, 0.3) is 11.6 Å². The quantitative estimate of drug-likeness (QED) is 0.383. The van der Waals surface area contributed by atoms with Gasteiger partial charge in [-0.15, -0.1) is 0 Å². The van der Waals surface area contributed by atoms with E-state index in [0.717, 1.165) is 47.2 Å². The normalized spacial score (nSPS) is 11.7. The molecule has 7 heteroatoms. The first-order chi connectivity index (χ1) is 14.5. The van der Waals surface area contributed by atoms with Crippen molar-refractivity contribution < 1.29 is 9.26 Å². The number of aromatic nitrogens is 3. The van der Waals surface area contributed by atoms with Crippen molar-refractivity contribution in [3.63, 3.8) is 0 Å². The van der Waals surface area contributed by atoms with Gasteiger partial charge in [0.15, 0.2) is 5.82 Å². The van der Waals surface area contributed by atoms with Crippen LogP contribution in [0.1, 0.15) is 41.6 Å². The number of ether oxygens (including phenoxy) is 1. The molecule has 0 unspecified atom stereocenters. The number of methoxy groups -OCH3 is 1. The fourth-order valence-electron chi connectivity index (χ4n) is 3.51. The third-order valence-corrected chi connectivity index (χ3v) is 4.91. The number of anilines is 1. The molecule has 0 aliphatic carbocycles. The molecule has 0 amide bonds. The van der Waals surface area contributed by atoms with Crippen LogP contribution >= 0.6 is 0 Å². The van der Waals surface area contributed by atoms with Crippen LogP contribution < -0.4 is 5.32 Å². The highest BCUT2D eigenvalue weighted by molar-refractivity contribution is 5.84. The third-order valence-electron chi connectivity index (χ3n) is 4.91. The number of hydrogen-bond donors (Lipinski definition) is 1. The van der Waals surface area contributed by atoms with Crippen molar-refractivity contribution in [2.75, 3.05) is 25.6 Å². The highest BCUT2D eigenvalue weighted by Crippen LogP contribution is 2.30. The summed E-state index contributed by atoms with van der Waals surface area (Å²) in [5.74, 6) is 2.14. The smallest absolute Gasteiger partial charge is 0.205 e. The first-order valence-corrected chi connectivity index (χ1v) is 10.0. The largest absolute Gasteiger partial charge is 0.385 e. The zero-order valence-corrected chi connectivity index (χ0v) is 18.1. The van der Waals surface area contributed by atoms with Crippen LogP contribution in [-0.4, -0.2) is 41.7 Å². The van der Waals surface area contributed by atoms with Crippen LogP contribution in [0.4, 0.5) is 11.8 Å². The van der Waals surface area contributed by atoms with Crippen molar-refractivity contribution in [2.45, 2.75) is 33.7 Å². The van der Waals surface area contributed by atoms with Crippen molar-refractivity contribution in [3.05, 3.63) is 58.6 Å². The van der Waals surface area contributed by atoms with E-state index in [9.17, 15) is 0 Å². The third kappa shape index (κ3) is 4.86. The zero-order chi connectivity index (χ0) is 21.5. The summed E-state index contributed by atoms with van der Waals surface area (Å²) in [4.78, 5) is 8.89. The van der Waals surface area contributed by atoms with Crippen molar-refractivity contribution in [1.29, 1.82) is 0 Å². The van der Waals surface area contributed by atoms with Gasteiger partial charge in [-0.1, -0.05) is 35.5 Å². The molecule has 0 aliphatic heterocycles. The molecule has 0 bridgehead atoms. The topological polar surface area (TPSA) is 77.5 Å². The second-order valence-electron chi connectivity index (χ2n) is 7.17. The van der Waals surface area contributed by atoms with E-state index in [1.807, 2.05) is 39.0 Å². The zero-order valence-electron chi connectivity index (χ0n) is 18.1. The van der Waals surface area contributed by atoms with E-state index in [2.05, 4.69) is 45.0 Å². The number of aliphatic imine (C=N–C) groups is 1. The Labute approximate surface area is 177 Å². The molecule has 2 heterocycles. The lowest BCUT2D eigenvalue weighted by molar-refractivity contribution is 0.197. The van der Waals surface area contributed by atoms with Crippen LogP contribution in [0.2, 0.25) is 0 Å². The molecule has 0 fully saturated rings. The standard InChI is InChI=1S/C23H29N5O2/c1-16(21-17(2)27-30-18(21)3)14-20-22(24-4)26-23(25-12-9-13-29-5)28(20)15-19-10-7-6-8-11-19/h6-8,10-11,14H,4,9,12-13,15H2,1-3,5H3,(H,25,26)/b16-14+. The lowest BCUT2D eigenvalue weighted by Crippen LogP contribution is -2.12. The van der Waals surface area contributed by atoms with Crippen molar-refractivity contribution in [3.8, 4) is 0 Å². The van der Waals surface area contributed by atoms with Gasteiger partial charge >= 0.3 is 0 Å². The molecule has 0 saturated heterocycles. The van der Waals surface area contributed by atoms with E-state index in [4.69, 9.17) is 14.2 Å². The predicted molar refractivity (Wildman–Crippen MR) is 121 cm³/mol. The van der Waals surface area contributed by atoms with Crippen LogP contribution in [-0.2, 0) is 11.3 Å². The molecule has 0 radical (unpaired) electrons. The average Bonchev–Trinajstić information content (AvgIpc) is 3.25. The number of imidazole rings is 1. The minimum absolute atomic E-state index is 0.589. The van der Waals surface area contributed by atoms with Gasteiger partial charge < -0.3 is 19.1 Å². The number of allylic oxidation sites excluding steroid dienone is 1. The average molecular weight is 408 g/mol. The minimum atomic E-state index is 0.589. The number of nitrogens with zero attached hydrogens (tertiary/aromatic N) is 4. The maximum Gasteiger partial charge on any atom is 0.205 e. The summed E-state index contributed by atoms with van der Waals surface area (Å²) in [6, 6.07) is 10.3. The Morgan fingerprint density at radius 2 is 2.07 bits per heavy atom. The maximum absolute atomic E-state index is 5.34. The number of nitrogens with one attached hydrogen (secondary N) is 1. The highest BCUT2D eigenvalue weighted by atomic mass is 16.5. The summed E-state index contributed by atoms with van der Waals surface area (Å²) in [7, 11) is 1.70. The Bertz CT molecular complexity index is 998. The summed E-state index contributed by atoms with van der Waals surface area (Å²) in [6.07, 6.45) is 2.96. The van der Waals surface area contributed by atoms with E-state index in [0.29, 0.717) is 19.0 Å². The predicted octanol–water partition coefficient (Wildman–Crippen LogP) is 4.88. The van der Waals surface area contributed by atoms with Crippen molar-refractivity contribution in [1.82, 2.24) is 14.7 Å². The van der Waals surface area contributed by atoms with Gasteiger partial charge in [0.25, 0.3) is 0 Å². The maximum atomic E-state index is 5.34. The van der Waals surface area contributed by atoms with Crippen LogP contribution in [0.5, 0.6) is 0 Å². The second kappa shape index (κ2) is 10.0. The summed E-state index contributed by atoms with van der Waals surface area (Å²) < 4.78 is 12.6. The lowest BCUT2D eigenvalue weighted by atomic mass is 10.0. The second-order valence-corrected chi connectivity index (χ2v) is 7.17. The molecule has 3 aromatic rings. The molecule has 158 valence electrons. The molecule has 0 aliphatic rings. The fourth-order valence-corrected chi connectivity index (χ4v) is 3.51. The molecular weight excluding hydrogens is 378 g/mol. The van der Waals surface area contributed by atoms with Crippen molar-refractivity contribution in [2.24, 2.45) is 4.99 Å². The van der Waals surface area contributed by atoms with Gasteiger partial charge in [-0.25, -0.2) is 4.99 Å². The Morgan fingerprint density at radius 3 is 2.70 bits per heavy atom. The molecule has 30 heavy (non-hydrogen) atoms. The molecule has 3 rings (SSSR count). The molecule has 1 N–H and O–H groups in total.